The third-order valence-corrected chi connectivity index (χ3v) is 4.62. The predicted molar refractivity (Wildman–Crippen MR) is 83.2 cm³/mol. The lowest BCUT2D eigenvalue weighted by molar-refractivity contribution is -0.00730. The normalized spacial score (nSPS) is 27.8. The highest BCUT2D eigenvalue weighted by atomic mass is 19.1. The summed E-state index contributed by atoms with van der Waals surface area (Å²) >= 11 is 0. The number of aliphatic hydroxyl groups is 1. The Morgan fingerprint density at radius 1 is 1.33 bits per heavy atom. The van der Waals surface area contributed by atoms with E-state index < -0.39 is 11.4 Å². The first-order valence-corrected chi connectivity index (χ1v) is 7.76. The van der Waals surface area contributed by atoms with Crippen LogP contribution in [0.4, 0.5) is 9.18 Å². The second-order valence-corrected chi connectivity index (χ2v) is 6.29. The van der Waals surface area contributed by atoms with Crippen LogP contribution < -0.4 is 0 Å². The van der Waals surface area contributed by atoms with Crippen molar-refractivity contribution in [2.75, 3.05) is 7.11 Å². The number of rotatable bonds is 0. The fourth-order valence-corrected chi connectivity index (χ4v) is 3.65. The van der Waals surface area contributed by atoms with Gasteiger partial charge in [0.25, 0.3) is 0 Å². The number of hydrogen-bond donors (Lipinski definition) is 1. The maximum atomic E-state index is 13.4. The Bertz CT molecular complexity index is 761. The van der Waals surface area contributed by atoms with E-state index in [1.807, 2.05) is 6.07 Å². The second-order valence-electron chi connectivity index (χ2n) is 6.29. The highest BCUT2D eigenvalue weighted by Crippen LogP contribution is 2.40. The molecule has 124 valence electrons. The predicted octanol–water partition coefficient (Wildman–Crippen LogP) is 2.17. The monoisotopic (exact) mass is 328 g/mol. The maximum absolute atomic E-state index is 13.4. The van der Waals surface area contributed by atoms with Gasteiger partial charge in [0.1, 0.15) is 11.4 Å². The van der Waals surface area contributed by atoms with Crippen LogP contribution in [0.25, 0.3) is 0 Å². The van der Waals surface area contributed by atoms with Gasteiger partial charge in [-0.25, -0.2) is 9.18 Å². The molecule has 2 bridgehead atoms. The zero-order valence-corrected chi connectivity index (χ0v) is 13.3. The van der Waals surface area contributed by atoms with Crippen LogP contribution in [0.5, 0.6) is 0 Å². The van der Waals surface area contributed by atoms with Crippen LogP contribution in [0.1, 0.15) is 36.8 Å². The molecule has 24 heavy (non-hydrogen) atoms. The van der Waals surface area contributed by atoms with E-state index >= 15 is 0 Å². The van der Waals surface area contributed by atoms with Gasteiger partial charge in [-0.2, -0.15) is 5.26 Å². The summed E-state index contributed by atoms with van der Waals surface area (Å²) < 4.78 is 18.3. The standard InChI is InChI=1S/C18H17FN2O3/c1-24-17(22)21-15-2-3-16(21)10-18(23,9-15)5-4-12-6-13(11-20)8-14(19)7-12/h6-8,15-16,23H,2-3,9-10H2,1H3. The van der Waals surface area contributed by atoms with Gasteiger partial charge in [-0.15, -0.1) is 0 Å². The fraction of sp³-hybridized carbons (Fsp3) is 0.444. The number of nitrogens with zero attached hydrogens (tertiary/aromatic N) is 2. The molecule has 1 amide bonds. The van der Waals surface area contributed by atoms with Crippen molar-refractivity contribution < 1.29 is 19.0 Å². The van der Waals surface area contributed by atoms with Crippen molar-refractivity contribution in [3.63, 3.8) is 0 Å². The molecule has 1 aromatic rings. The van der Waals surface area contributed by atoms with Gasteiger partial charge in [-0.05, 0) is 31.0 Å². The maximum Gasteiger partial charge on any atom is 0.409 e. The summed E-state index contributed by atoms with van der Waals surface area (Å²) in [6, 6.07) is 5.53. The smallest absolute Gasteiger partial charge is 0.409 e. The fourth-order valence-electron chi connectivity index (χ4n) is 3.65. The molecule has 2 saturated heterocycles. The first-order chi connectivity index (χ1) is 11.4. The summed E-state index contributed by atoms with van der Waals surface area (Å²) in [6.45, 7) is 0. The molecule has 5 nitrogen and oxygen atoms in total. The number of carbonyl (C=O) groups excluding carboxylic acids is 1. The molecule has 0 aliphatic carbocycles. The van der Waals surface area contributed by atoms with Crippen LogP contribution in [0, 0.1) is 29.0 Å². The van der Waals surface area contributed by atoms with E-state index in [0.29, 0.717) is 18.4 Å². The van der Waals surface area contributed by atoms with E-state index in [1.54, 1.807) is 4.90 Å². The molecule has 2 unspecified atom stereocenters. The van der Waals surface area contributed by atoms with Crippen LogP contribution in [0.3, 0.4) is 0 Å². The molecule has 6 heteroatoms. The van der Waals surface area contributed by atoms with Gasteiger partial charge in [0.15, 0.2) is 0 Å². The summed E-state index contributed by atoms with van der Waals surface area (Å²) in [6.07, 6.45) is 1.92. The van der Waals surface area contributed by atoms with Gasteiger partial charge >= 0.3 is 6.09 Å². The Kier molecular flexibility index (Phi) is 4.17. The van der Waals surface area contributed by atoms with Gasteiger partial charge in [0.2, 0.25) is 0 Å². The largest absolute Gasteiger partial charge is 0.453 e. The Balaban J connectivity index is 1.82. The van der Waals surface area contributed by atoms with Crippen molar-refractivity contribution in [2.45, 2.75) is 43.4 Å². The molecular formula is C18H17FN2O3. The summed E-state index contributed by atoms with van der Waals surface area (Å²) in [4.78, 5) is 13.5. The number of methoxy groups -OCH3 is 1. The summed E-state index contributed by atoms with van der Waals surface area (Å²) in [5, 5.41) is 19.6. The van der Waals surface area contributed by atoms with Crippen molar-refractivity contribution in [3.05, 3.63) is 35.1 Å². The van der Waals surface area contributed by atoms with Crippen molar-refractivity contribution in [1.29, 1.82) is 5.26 Å². The SMILES string of the molecule is COC(=O)N1C2CCC1CC(O)(C#Cc1cc(F)cc(C#N)c1)C2. The van der Waals surface area contributed by atoms with E-state index in [9.17, 15) is 14.3 Å². The molecule has 2 aliphatic heterocycles. The number of fused-ring (bicyclic) bond motifs is 2. The number of benzene rings is 1. The lowest BCUT2D eigenvalue weighted by Crippen LogP contribution is -2.52. The third-order valence-electron chi connectivity index (χ3n) is 4.62. The van der Waals surface area contributed by atoms with Crippen LogP contribution in [0.15, 0.2) is 18.2 Å². The Morgan fingerprint density at radius 2 is 1.96 bits per heavy atom. The van der Waals surface area contributed by atoms with Crippen LogP contribution >= 0.6 is 0 Å². The summed E-state index contributed by atoms with van der Waals surface area (Å²) in [7, 11) is 1.35. The van der Waals surface area contributed by atoms with Crippen molar-refractivity contribution in [1.82, 2.24) is 4.90 Å². The number of amides is 1. The minimum Gasteiger partial charge on any atom is -0.453 e. The number of ether oxygens (including phenoxy) is 1. The summed E-state index contributed by atoms with van der Waals surface area (Å²) in [5.74, 6) is 5.06. The van der Waals surface area contributed by atoms with Gasteiger partial charge < -0.3 is 14.7 Å². The summed E-state index contributed by atoms with van der Waals surface area (Å²) in [5.41, 5.74) is -0.690. The van der Waals surface area contributed by atoms with Gasteiger partial charge in [0, 0.05) is 30.5 Å². The average molecular weight is 328 g/mol. The molecule has 2 heterocycles. The molecule has 0 saturated carbocycles. The first-order valence-electron chi connectivity index (χ1n) is 7.76. The molecule has 2 atom stereocenters. The Labute approximate surface area is 139 Å². The van der Waals surface area contributed by atoms with Crippen molar-refractivity contribution in [3.8, 4) is 17.9 Å². The molecule has 1 N–H and O–H groups in total. The van der Waals surface area contributed by atoms with E-state index in [2.05, 4.69) is 11.8 Å². The van der Waals surface area contributed by atoms with Gasteiger partial charge in [-0.3, -0.25) is 0 Å². The Morgan fingerprint density at radius 3 is 2.54 bits per heavy atom. The second kappa shape index (κ2) is 6.14. The molecule has 0 spiro atoms. The van der Waals surface area contributed by atoms with E-state index in [4.69, 9.17) is 10.00 Å². The number of carbonyl (C=O) groups is 1. The minimum atomic E-state index is -1.23. The van der Waals surface area contributed by atoms with Gasteiger partial charge in [0.05, 0.1) is 18.7 Å². The van der Waals surface area contributed by atoms with Crippen molar-refractivity contribution >= 4 is 6.09 Å². The average Bonchev–Trinajstić information content (AvgIpc) is 2.84. The topological polar surface area (TPSA) is 73.6 Å². The quantitative estimate of drug-likeness (QED) is 0.741. The number of nitriles is 1. The number of piperidine rings is 1. The van der Waals surface area contributed by atoms with Crippen LogP contribution in [-0.4, -0.2) is 40.9 Å². The molecule has 1 aromatic carbocycles. The van der Waals surface area contributed by atoms with Crippen LogP contribution in [-0.2, 0) is 4.74 Å². The highest BCUT2D eigenvalue weighted by Gasteiger charge is 2.49. The van der Waals surface area contributed by atoms with E-state index in [0.717, 1.165) is 18.9 Å². The minimum absolute atomic E-state index is 0.0994. The highest BCUT2D eigenvalue weighted by molar-refractivity contribution is 5.69. The number of halogens is 1. The lowest BCUT2D eigenvalue weighted by atomic mass is 9.86. The number of hydrogen-bond acceptors (Lipinski definition) is 4. The first kappa shape index (κ1) is 16.3. The molecule has 2 fully saturated rings. The van der Waals surface area contributed by atoms with Crippen LogP contribution in [0.2, 0.25) is 0 Å². The molecule has 2 aliphatic rings. The Hall–Kier alpha value is -2.57. The zero-order chi connectivity index (χ0) is 17.3. The zero-order valence-electron chi connectivity index (χ0n) is 13.3. The van der Waals surface area contributed by atoms with Gasteiger partial charge in [-0.1, -0.05) is 11.8 Å². The molecular weight excluding hydrogens is 311 g/mol. The van der Waals surface area contributed by atoms with E-state index in [1.165, 1.54) is 19.2 Å². The third kappa shape index (κ3) is 3.06. The molecule has 0 radical (unpaired) electrons. The van der Waals surface area contributed by atoms with Crippen molar-refractivity contribution in [2.24, 2.45) is 0 Å². The molecule has 3 rings (SSSR count). The lowest BCUT2D eigenvalue weighted by Gasteiger charge is -2.40. The molecule has 0 aromatic heterocycles. The van der Waals surface area contributed by atoms with E-state index in [-0.39, 0.29) is 23.7 Å².